The van der Waals surface area contributed by atoms with Crippen LogP contribution in [0.4, 0.5) is 4.39 Å². The van der Waals surface area contributed by atoms with E-state index in [2.05, 4.69) is 45.7 Å². The minimum atomic E-state index is -1.15. The van der Waals surface area contributed by atoms with Gasteiger partial charge in [-0.1, -0.05) is 31.8 Å². The molecule has 3 heteroatoms. The molecule has 108 valence electrons. The summed E-state index contributed by atoms with van der Waals surface area (Å²) in [4.78, 5) is 0. The van der Waals surface area contributed by atoms with Crippen LogP contribution in [0.1, 0.15) is 32.3 Å². The molecule has 1 N–H and O–H groups in total. The van der Waals surface area contributed by atoms with Gasteiger partial charge in [0.15, 0.2) is 0 Å². The fraction of sp³-hybridized carbons (Fsp3) is 0.625. The Morgan fingerprint density at radius 3 is 2.05 bits per heavy atom. The van der Waals surface area contributed by atoms with Gasteiger partial charge in [-0.15, -0.1) is 0 Å². The molecule has 19 heavy (non-hydrogen) atoms. The van der Waals surface area contributed by atoms with Gasteiger partial charge in [-0.25, -0.2) is 4.39 Å². The maximum absolute atomic E-state index is 13.1. The Hall–Kier alpha value is -0.673. The normalized spacial score (nSPS) is 14.5. The number of hydrogen-bond donors (Lipinski definition) is 1. The third kappa shape index (κ3) is 6.88. The first-order valence-corrected chi connectivity index (χ1v) is 10.8. The molecule has 1 rings (SSSR count). The van der Waals surface area contributed by atoms with E-state index < -0.39 is 8.07 Å². The van der Waals surface area contributed by atoms with E-state index >= 15 is 0 Å². The number of rotatable bonds is 5. The van der Waals surface area contributed by atoms with E-state index in [4.69, 9.17) is 0 Å². The first-order chi connectivity index (χ1) is 8.57. The minimum Gasteiger partial charge on any atom is -0.311 e. The van der Waals surface area contributed by atoms with Crippen LogP contribution in [0.15, 0.2) is 24.3 Å². The van der Waals surface area contributed by atoms with E-state index in [0.717, 1.165) is 6.54 Å². The van der Waals surface area contributed by atoms with Crippen molar-refractivity contribution in [1.82, 2.24) is 5.32 Å². The van der Waals surface area contributed by atoms with E-state index in [1.165, 1.54) is 11.6 Å². The highest BCUT2D eigenvalue weighted by Gasteiger charge is 2.23. The summed E-state index contributed by atoms with van der Waals surface area (Å²) in [6.07, 6.45) is 0. The lowest BCUT2D eigenvalue weighted by Gasteiger charge is -2.29. The lowest BCUT2D eigenvalue weighted by Crippen LogP contribution is -2.40. The van der Waals surface area contributed by atoms with Crippen LogP contribution in [0, 0.1) is 5.82 Å². The molecule has 1 aromatic carbocycles. The highest BCUT2D eigenvalue weighted by Crippen LogP contribution is 2.27. The Morgan fingerprint density at radius 1 is 1.11 bits per heavy atom. The van der Waals surface area contributed by atoms with Crippen molar-refractivity contribution in [2.45, 2.75) is 57.9 Å². The summed E-state index contributed by atoms with van der Waals surface area (Å²) in [6, 6.07) is 8.24. The van der Waals surface area contributed by atoms with E-state index in [1.54, 1.807) is 12.1 Å². The highest BCUT2D eigenvalue weighted by atomic mass is 28.3. The summed E-state index contributed by atoms with van der Waals surface area (Å²) in [5.41, 5.74) is 1.37. The molecule has 0 amide bonds. The molecular formula is C16H28FNSi. The second-order valence-corrected chi connectivity index (χ2v) is 13.2. The summed E-state index contributed by atoms with van der Waals surface area (Å²) in [5, 5.41) is 3.59. The highest BCUT2D eigenvalue weighted by molar-refractivity contribution is 6.76. The predicted octanol–water partition coefficient (Wildman–Crippen LogP) is 4.64. The van der Waals surface area contributed by atoms with Crippen molar-refractivity contribution in [2.75, 3.05) is 6.54 Å². The minimum absolute atomic E-state index is 0.123. The quantitative estimate of drug-likeness (QED) is 0.776. The molecule has 0 bridgehead atoms. The summed E-state index contributed by atoms with van der Waals surface area (Å²) in [7, 11) is -1.15. The summed E-state index contributed by atoms with van der Waals surface area (Å²) in [6.45, 7) is 14.7. The fourth-order valence-corrected chi connectivity index (χ4v) is 4.07. The Labute approximate surface area is 118 Å². The Bertz CT molecular complexity index is 387. The molecule has 0 aliphatic heterocycles. The summed E-state index contributed by atoms with van der Waals surface area (Å²) >= 11 is 0. The summed E-state index contributed by atoms with van der Waals surface area (Å²) in [5.74, 6) is 0.325. The molecule has 0 heterocycles. The molecule has 0 spiro atoms. The van der Waals surface area contributed by atoms with Gasteiger partial charge in [0.2, 0.25) is 0 Å². The molecule has 1 atom stereocenters. The van der Waals surface area contributed by atoms with Crippen molar-refractivity contribution in [3.63, 3.8) is 0 Å². The molecule has 0 aromatic heterocycles. The van der Waals surface area contributed by atoms with Crippen molar-refractivity contribution in [3.05, 3.63) is 35.6 Å². The molecule has 0 saturated carbocycles. The zero-order valence-corrected chi connectivity index (χ0v) is 14.2. The van der Waals surface area contributed by atoms with Crippen LogP contribution in [-0.2, 0) is 0 Å². The van der Waals surface area contributed by atoms with E-state index in [1.807, 2.05) is 12.1 Å². The van der Waals surface area contributed by atoms with Gasteiger partial charge in [0.25, 0.3) is 0 Å². The van der Waals surface area contributed by atoms with Crippen LogP contribution in [0.5, 0.6) is 0 Å². The lowest BCUT2D eigenvalue weighted by molar-refractivity contribution is 0.411. The van der Waals surface area contributed by atoms with Crippen molar-refractivity contribution >= 4 is 8.07 Å². The molecule has 1 nitrogen and oxygen atoms in total. The van der Waals surface area contributed by atoms with Crippen molar-refractivity contribution < 1.29 is 4.39 Å². The van der Waals surface area contributed by atoms with Gasteiger partial charge in [-0.3, -0.25) is 0 Å². The molecule has 1 aromatic rings. The first kappa shape index (κ1) is 16.4. The molecule has 1 unspecified atom stereocenters. The standard InChI is InChI=1S/C16H28FNSi/c1-16(2,3)18-11-14(12-19(4,5)6)13-7-9-15(17)10-8-13/h7-10,14,18H,11-12H2,1-6H3. The van der Waals surface area contributed by atoms with Crippen LogP contribution in [0.2, 0.25) is 25.7 Å². The van der Waals surface area contributed by atoms with Gasteiger partial charge in [-0.2, -0.15) is 0 Å². The van der Waals surface area contributed by atoms with Crippen LogP contribution in [-0.4, -0.2) is 20.2 Å². The molecule has 0 fully saturated rings. The van der Waals surface area contributed by atoms with Crippen LogP contribution in [0.25, 0.3) is 0 Å². The first-order valence-electron chi connectivity index (χ1n) is 7.07. The zero-order chi connectivity index (χ0) is 14.7. The predicted molar refractivity (Wildman–Crippen MR) is 85.0 cm³/mol. The van der Waals surface area contributed by atoms with E-state index in [0.29, 0.717) is 5.92 Å². The monoisotopic (exact) mass is 281 g/mol. The maximum Gasteiger partial charge on any atom is 0.123 e. The molecule has 0 radical (unpaired) electrons. The van der Waals surface area contributed by atoms with Gasteiger partial charge in [-0.05, 0) is 50.4 Å². The van der Waals surface area contributed by atoms with E-state index in [-0.39, 0.29) is 11.4 Å². The third-order valence-electron chi connectivity index (χ3n) is 3.08. The Morgan fingerprint density at radius 2 is 1.63 bits per heavy atom. The smallest absolute Gasteiger partial charge is 0.123 e. The number of halogens is 1. The molecule has 0 aliphatic carbocycles. The second kappa shape index (κ2) is 6.19. The average Bonchev–Trinajstić information content (AvgIpc) is 2.23. The lowest BCUT2D eigenvalue weighted by atomic mass is 9.99. The fourth-order valence-electron chi connectivity index (χ4n) is 2.21. The van der Waals surface area contributed by atoms with Crippen LogP contribution >= 0.6 is 0 Å². The van der Waals surface area contributed by atoms with Crippen molar-refractivity contribution in [2.24, 2.45) is 0 Å². The van der Waals surface area contributed by atoms with E-state index in [9.17, 15) is 4.39 Å². The van der Waals surface area contributed by atoms with Crippen molar-refractivity contribution in [3.8, 4) is 0 Å². The topological polar surface area (TPSA) is 12.0 Å². The summed E-state index contributed by atoms with van der Waals surface area (Å²) < 4.78 is 13.1. The molecule has 0 saturated heterocycles. The molecule has 0 aliphatic rings. The van der Waals surface area contributed by atoms with Gasteiger partial charge < -0.3 is 5.32 Å². The number of hydrogen-bond acceptors (Lipinski definition) is 1. The second-order valence-electron chi connectivity index (χ2n) is 7.64. The zero-order valence-electron chi connectivity index (χ0n) is 13.2. The number of benzene rings is 1. The van der Waals surface area contributed by atoms with Gasteiger partial charge in [0, 0.05) is 20.2 Å². The van der Waals surface area contributed by atoms with Crippen LogP contribution < -0.4 is 5.32 Å². The maximum atomic E-state index is 13.1. The molecular weight excluding hydrogens is 253 g/mol. The third-order valence-corrected chi connectivity index (χ3v) is 4.80. The van der Waals surface area contributed by atoms with Gasteiger partial charge in [0.05, 0.1) is 0 Å². The van der Waals surface area contributed by atoms with Gasteiger partial charge in [0.1, 0.15) is 5.82 Å². The Kier molecular flexibility index (Phi) is 5.33. The Balaban J connectivity index is 2.83. The average molecular weight is 281 g/mol. The SMILES string of the molecule is CC(C)(C)NCC(C[Si](C)(C)C)c1ccc(F)cc1. The van der Waals surface area contributed by atoms with Crippen molar-refractivity contribution in [1.29, 1.82) is 0 Å². The van der Waals surface area contributed by atoms with Gasteiger partial charge >= 0.3 is 0 Å². The largest absolute Gasteiger partial charge is 0.311 e. The van der Waals surface area contributed by atoms with Crippen LogP contribution in [0.3, 0.4) is 0 Å². The number of nitrogens with one attached hydrogen (secondary N) is 1.